The van der Waals surface area contributed by atoms with Gasteiger partial charge in [0, 0.05) is 39.7 Å². The Morgan fingerprint density at radius 2 is 1.42 bits per heavy atom. The maximum atomic E-state index is 12.9. The van der Waals surface area contributed by atoms with Gasteiger partial charge in [-0.2, -0.15) is 0 Å². The molecule has 0 aliphatic carbocycles. The van der Waals surface area contributed by atoms with Gasteiger partial charge in [-0.05, 0) is 54.4 Å². The van der Waals surface area contributed by atoms with Crippen molar-refractivity contribution in [3.05, 3.63) is 0 Å². The molecular formula is C26H44N2O10. The van der Waals surface area contributed by atoms with Crippen LogP contribution in [0.2, 0.25) is 0 Å². The molecule has 0 aromatic rings. The normalized spacial score (nSPS) is 23.9. The average molecular weight is 545 g/mol. The highest BCUT2D eigenvalue weighted by atomic mass is 16.6. The van der Waals surface area contributed by atoms with Crippen LogP contribution in [-0.2, 0) is 33.3 Å². The minimum absolute atomic E-state index is 0.00568. The highest BCUT2D eigenvalue weighted by Crippen LogP contribution is 2.34. The number of hydrogen-bond donors (Lipinski definition) is 1. The quantitative estimate of drug-likeness (QED) is 0.234. The predicted molar refractivity (Wildman–Crippen MR) is 136 cm³/mol. The first kappa shape index (κ1) is 31.6. The van der Waals surface area contributed by atoms with E-state index in [9.17, 15) is 24.3 Å². The van der Waals surface area contributed by atoms with Gasteiger partial charge >= 0.3 is 24.1 Å². The third-order valence-electron chi connectivity index (χ3n) is 6.79. The zero-order valence-corrected chi connectivity index (χ0v) is 23.8. The van der Waals surface area contributed by atoms with Gasteiger partial charge in [-0.25, -0.2) is 9.59 Å². The fourth-order valence-corrected chi connectivity index (χ4v) is 4.58. The van der Waals surface area contributed by atoms with Crippen LogP contribution >= 0.6 is 0 Å². The zero-order chi connectivity index (χ0) is 28.8. The Morgan fingerprint density at radius 1 is 0.868 bits per heavy atom. The average Bonchev–Trinajstić information content (AvgIpc) is 3.43. The summed E-state index contributed by atoms with van der Waals surface area (Å²) >= 11 is 0. The molecule has 2 unspecified atom stereocenters. The zero-order valence-electron chi connectivity index (χ0n) is 23.8. The van der Waals surface area contributed by atoms with Gasteiger partial charge in [0.05, 0.1) is 26.4 Å². The summed E-state index contributed by atoms with van der Waals surface area (Å²) in [6.45, 7) is 11.7. The van der Waals surface area contributed by atoms with E-state index >= 15 is 0 Å². The highest BCUT2D eigenvalue weighted by Gasteiger charge is 2.49. The molecule has 2 saturated heterocycles. The predicted octanol–water partition coefficient (Wildman–Crippen LogP) is 2.92. The summed E-state index contributed by atoms with van der Waals surface area (Å²) < 4.78 is 27.2. The lowest BCUT2D eigenvalue weighted by Gasteiger charge is -2.30. The van der Waals surface area contributed by atoms with Gasteiger partial charge in [0.2, 0.25) is 0 Å². The van der Waals surface area contributed by atoms with Crippen LogP contribution in [0, 0.1) is 10.8 Å². The monoisotopic (exact) mass is 544 g/mol. The molecule has 2 heterocycles. The molecule has 2 rings (SSSR count). The molecule has 2 aliphatic rings. The molecule has 0 spiro atoms. The third-order valence-corrected chi connectivity index (χ3v) is 6.79. The fourth-order valence-electron chi connectivity index (χ4n) is 4.58. The number of esters is 1. The minimum atomic E-state index is -1.23. The molecule has 2 amide bonds. The number of carboxylic acids is 1. The number of ether oxygens (including phenoxy) is 5. The topological polar surface area (TPSA) is 141 Å². The molecule has 0 radical (unpaired) electrons. The molecule has 2 aliphatic heterocycles. The van der Waals surface area contributed by atoms with Crippen molar-refractivity contribution in [2.24, 2.45) is 10.8 Å². The molecule has 12 heteroatoms. The molecule has 2 fully saturated rings. The molecule has 218 valence electrons. The number of nitrogens with zero attached hydrogens (tertiary/aromatic N) is 2. The molecular weight excluding hydrogens is 500 g/mol. The number of amides is 2. The van der Waals surface area contributed by atoms with Gasteiger partial charge < -0.3 is 38.6 Å². The van der Waals surface area contributed by atoms with Crippen molar-refractivity contribution < 1.29 is 48.0 Å². The standard InChI is InChI=1S/C26H44N2O10/c1-8-36-20(31)26(17-34-7)10-13-28(16-26)22(33)38-24(5,6)11-14-35-18-25(19(29)30)9-12-27(15-25)21(32)37-23(2,3)4/h8-18H2,1-7H3,(H,29,30). The number of methoxy groups -OCH3 is 1. The number of rotatable bonds is 11. The van der Waals surface area contributed by atoms with E-state index in [-0.39, 0.29) is 52.5 Å². The summed E-state index contributed by atoms with van der Waals surface area (Å²) in [6.07, 6.45) is -0.121. The number of carbonyl (C=O) groups excluding carboxylic acids is 3. The second-order valence-electron chi connectivity index (χ2n) is 11.8. The Kier molecular flexibility index (Phi) is 10.4. The van der Waals surface area contributed by atoms with Crippen LogP contribution in [0.1, 0.15) is 60.8 Å². The molecule has 38 heavy (non-hydrogen) atoms. The van der Waals surface area contributed by atoms with E-state index in [4.69, 9.17) is 23.7 Å². The molecule has 0 aromatic carbocycles. The number of hydrogen-bond acceptors (Lipinski definition) is 9. The summed E-state index contributed by atoms with van der Waals surface area (Å²) in [5.74, 6) is -1.43. The number of aliphatic carboxylic acids is 1. The molecule has 0 saturated carbocycles. The van der Waals surface area contributed by atoms with Crippen LogP contribution in [0.3, 0.4) is 0 Å². The van der Waals surface area contributed by atoms with E-state index in [1.807, 2.05) is 0 Å². The van der Waals surface area contributed by atoms with E-state index < -0.39 is 46.2 Å². The SMILES string of the molecule is CCOC(=O)C1(COC)CCN(C(=O)OC(C)(C)CCOCC2(C(=O)O)CCN(C(=O)OC(C)(C)C)C2)C1. The van der Waals surface area contributed by atoms with Gasteiger partial charge in [0.15, 0.2) is 0 Å². The van der Waals surface area contributed by atoms with E-state index in [1.54, 1.807) is 41.5 Å². The third kappa shape index (κ3) is 8.20. The van der Waals surface area contributed by atoms with Crippen molar-refractivity contribution in [1.29, 1.82) is 0 Å². The van der Waals surface area contributed by atoms with Crippen LogP contribution in [0.15, 0.2) is 0 Å². The van der Waals surface area contributed by atoms with Crippen molar-refractivity contribution >= 4 is 24.1 Å². The second-order valence-corrected chi connectivity index (χ2v) is 11.8. The lowest BCUT2D eigenvalue weighted by Crippen LogP contribution is -2.43. The first-order valence-corrected chi connectivity index (χ1v) is 13.0. The molecule has 0 bridgehead atoms. The van der Waals surface area contributed by atoms with Crippen molar-refractivity contribution in [2.75, 3.05) is 59.7 Å². The Balaban J connectivity index is 1.87. The first-order valence-electron chi connectivity index (χ1n) is 13.0. The molecule has 2 atom stereocenters. The first-order chi connectivity index (χ1) is 17.6. The van der Waals surface area contributed by atoms with Gasteiger partial charge in [-0.1, -0.05) is 0 Å². The van der Waals surface area contributed by atoms with E-state index in [0.717, 1.165) is 0 Å². The van der Waals surface area contributed by atoms with Crippen molar-refractivity contribution in [3.63, 3.8) is 0 Å². The smallest absolute Gasteiger partial charge is 0.410 e. The van der Waals surface area contributed by atoms with Gasteiger partial charge in [0.1, 0.15) is 22.0 Å². The van der Waals surface area contributed by atoms with E-state index in [0.29, 0.717) is 19.4 Å². The molecule has 0 aromatic heterocycles. The Hall–Kier alpha value is -2.60. The maximum Gasteiger partial charge on any atom is 0.410 e. The number of carbonyl (C=O) groups is 4. The Bertz CT molecular complexity index is 871. The Labute approximate surface area is 224 Å². The largest absolute Gasteiger partial charge is 0.481 e. The van der Waals surface area contributed by atoms with E-state index in [2.05, 4.69) is 0 Å². The van der Waals surface area contributed by atoms with Crippen LogP contribution in [0.4, 0.5) is 9.59 Å². The Morgan fingerprint density at radius 3 is 1.95 bits per heavy atom. The lowest BCUT2D eigenvalue weighted by molar-refractivity contribution is -0.157. The van der Waals surface area contributed by atoms with Crippen LogP contribution in [0.5, 0.6) is 0 Å². The summed E-state index contributed by atoms with van der Waals surface area (Å²) in [4.78, 5) is 52.7. The van der Waals surface area contributed by atoms with Crippen molar-refractivity contribution in [2.45, 2.75) is 72.0 Å². The fraction of sp³-hybridized carbons (Fsp3) is 0.846. The highest BCUT2D eigenvalue weighted by molar-refractivity contribution is 5.80. The van der Waals surface area contributed by atoms with Crippen LogP contribution in [0.25, 0.3) is 0 Å². The van der Waals surface area contributed by atoms with Crippen LogP contribution in [-0.4, -0.2) is 110 Å². The van der Waals surface area contributed by atoms with Gasteiger partial charge in [0.25, 0.3) is 0 Å². The van der Waals surface area contributed by atoms with Crippen molar-refractivity contribution in [1.82, 2.24) is 9.80 Å². The molecule has 1 N–H and O–H groups in total. The summed E-state index contributed by atoms with van der Waals surface area (Å²) in [5.41, 5.74) is -3.73. The van der Waals surface area contributed by atoms with Gasteiger partial charge in [-0.3, -0.25) is 9.59 Å². The van der Waals surface area contributed by atoms with Crippen molar-refractivity contribution in [3.8, 4) is 0 Å². The number of likely N-dealkylation sites (tertiary alicyclic amines) is 2. The summed E-state index contributed by atoms with van der Waals surface area (Å²) in [7, 11) is 1.50. The van der Waals surface area contributed by atoms with Crippen LogP contribution < -0.4 is 0 Å². The van der Waals surface area contributed by atoms with E-state index in [1.165, 1.54) is 16.9 Å². The summed E-state index contributed by atoms with van der Waals surface area (Å²) in [5, 5.41) is 9.87. The molecule has 12 nitrogen and oxygen atoms in total. The maximum absolute atomic E-state index is 12.9. The summed E-state index contributed by atoms with van der Waals surface area (Å²) in [6, 6.07) is 0. The van der Waals surface area contributed by atoms with Gasteiger partial charge in [-0.15, -0.1) is 0 Å². The lowest BCUT2D eigenvalue weighted by atomic mass is 9.88. The minimum Gasteiger partial charge on any atom is -0.481 e. The number of carboxylic acid groups (broad SMARTS) is 1. The second kappa shape index (κ2) is 12.5.